The number of benzene rings is 4. The molecule has 0 aliphatic carbocycles. The van der Waals surface area contributed by atoms with E-state index in [2.05, 4.69) is 138 Å². The molecule has 3 nitrogen and oxygen atoms in total. The molecule has 4 aromatic carbocycles. The van der Waals surface area contributed by atoms with E-state index in [0.717, 1.165) is 27.8 Å². The maximum atomic E-state index is 7.05. The lowest BCUT2D eigenvalue weighted by Gasteiger charge is -2.37. The van der Waals surface area contributed by atoms with Gasteiger partial charge in [0.25, 0.3) is 0 Å². The molecule has 0 bridgehead atoms. The van der Waals surface area contributed by atoms with Crippen LogP contribution in [0.1, 0.15) is 27.7 Å². The molecule has 0 spiro atoms. The summed E-state index contributed by atoms with van der Waals surface area (Å²) in [7, 11) is -2.59. The lowest BCUT2D eigenvalue weighted by Crippen LogP contribution is -2.27. The van der Waals surface area contributed by atoms with Gasteiger partial charge in [0.2, 0.25) is 0 Å². The van der Waals surface area contributed by atoms with Gasteiger partial charge in [-0.15, -0.1) is 0 Å². The Labute approximate surface area is 235 Å². The Morgan fingerprint density at radius 1 is 0.861 bits per heavy atom. The van der Waals surface area contributed by atoms with Crippen LogP contribution in [0, 0.1) is 3.57 Å². The highest BCUT2D eigenvalue weighted by atomic mass is 127. The molecular weight excluding hydrogens is 642 g/mol. The minimum atomic E-state index is -2.59. The van der Waals surface area contributed by atoms with E-state index in [1.807, 2.05) is 24.3 Å². The van der Waals surface area contributed by atoms with E-state index in [9.17, 15) is 0 Å². The number of hydrogen-bond donors (Lipinski definition) is 0. The maximum absolute atomic E-state index is 7.05. The van der Waals surface area contributed by atoms with Gasteiger partial charge in [-0.1, -0.05) is 54.9 Å². The molecule has 36 heavy (non-hydrogen) atoms. The molecule has 6 heteroatoms. The van der Waals surface area contributed by atoms with Gasteiger partial charge in [0.1, 0.15) is 5.75 Å². The monoisotopic (exact) mass is 670 g/mol. The summed E-state index contributed by atoms with van der Waals surface area (Å²) < 4.78 is 17.1. The average Bonchev–Trinajstić information content (AvgIpc) is 3.18. The minimum absolute atomic E-state index is 0.250. The fourth-order valence-corrected chi connectivity index (χ4v) is 8.39. The molecule has 5 aromatic rings. The van der Waals surface area contributed by atoms with Gasteiger partial charge in [0.05, 0.1) is 5.69 Å². The number of hydrogen-bond acceptors (Lipinski definition) is 2. The first-order valence-corrected chi connectivity index (χ1v) is 15.6. The second kappa shape index (κ2) is 10.00. The van der Waals surface area contributed by atoms with Gasteiger partial charge < -0.3 is 9.09 Å². The van der Waals surface area contributed by atoms with Crippen LogP contribution in [0.15, 0.2) is 100 Å². The van der Waals surface area contributed by atoms with E-state index in [1.54, 1.807) is 0 Å². The quantitative estimate of drug-likeness (QED) is 0.135. The second-order valence-electron chi connectivity index (χ2n) is 9.83. The van der Waals surface area contributed by atoms with Gasteiger partial charge >= 0.3 is 0 Å². The molecule has 1 heterocycles. The Kier molecular flexibility index (Phi) is 7.10. The number of para-hydroxylation sites is 1. The van der Waals surface area contributed by atoms with Crippen molar-refractivity contribution in [3.63, 3.8) is 0 Å². The number of aryl methyl sites for hydroxylation is 1. The largest absolute Gasteiger partial charge is 0.455 e. The number of nitrogens with zero attached hydrogens (tertiary/aromatic N) is 2. The summed E-state index contributed by atoms with van der Waals surface area (Å²) in [6, 6.07) is 32.0. The van der Waals surface area contributed by atoms with Crippen LogP contribution in [0.3, 0.4) is 0 Å². The molecule has 0 fully saturated rings. The van der Waals surface area contributed by atoms with E-state index in [1.165, 1.54) is 25.4 Å². The van der Waals surface area contributed by atoms with Crippen molar-refractivity contribution >= 4 is 78.6 Å². The molecule has 1 aromatic heterocycles. The maximum Gasteiger partial charge on any atom is 0.173 e. The van der Waals surface area contributed by atoms with E-state index in [0.29, 0.717) is 0 Å². The fourth-order valence-electron chi connectivity index (χ4n) is 4.69. The molecular formula is C30H29BrIN2OP. The third kappa shape index (κ3) is 4.66. The molecule has 0 aliphatic heterocycles. The molecule has 184 valence electrons. The van der Waals surface area contributed by atoms with E-state index < -0.39 is 7.28 Å². The number of halogens is 2. The first-order valence-electron chi connectivity index (χ1n) is 12.1. The van der Waals surface area contributed by atoms with Crippen molar-refractivity contribution in [3.05, 3.63) is 99.0 Å². The minimum Gasteiger partial charge on any atom is -0.455 e. The molecule has 0 N–H and O–H groups in total. The molecule has 1 unspecified atom stereocenters. The topological polar surface area (TPSA) is 26.5 Å². The first kappa shape index (κ1) is 25.6. The smallest absolute Gasteiger partial charge is 0.173 e. The molecule has 0 saturated carbocycles. The molecule has 0 radical (unpaired) electrons. The Bertz CT molecular complexity index is 1600. The second-order valence-corrected chi connectivity index (χ2v) is 15.4. The van der Waals surface area contributed by atoms with Crippen LogP contribution < -0.4 is 9.83 Å². The summed E-state index contributed by atoms with van der Waals surface area (Å²) in [5, 5.41) is 3.40. The Hall–Kier alpha value is -2.08. The zero-order valence-corrected chi connectivity index (χ0v) is 25.5. The molecule has 0 amide bonds. The van der Waals surface area contributed by atoms with Crippen LogP contribution in [0.4, 0.5) is 5.69 Å². The average molecular weight is 671 g/mol. The van der Waals surface area contributed by atoms with Gasteiger partial charge in [-0.2, -0.15) is 0 Å². The highest BCUT2D eigenvalue weighted by molar-refractivity contribution is 14.1. The molecule has 0 aliphatic rings. The number of aromatic nitrogens is 1. The van der Waals surface area contributed by atoms with Crippen molar-refractivity contribution in [3.8, 4) is 5.75 Å². The number of rotatable bonds is 5. The van der Waals surface area contributed by atoms with Gasteiger partial charge in [-0.25, -0.2) is 4.74 Å². The highest BCUT2D eigenvalue weighted by Gasteiger charge is 2.39. The van der Waals surface area contributed by atoms with E-state index in [4.69, 9.17) is 9.27 Å². The van der Waals surface area contributed by atoms with Crippen molar-refractivity contribution < 1.29 is 4.52 Å². The van der Waals surface area contributed by atoms with Crippen LogP contribution in [-0.2, 0) is 6.54 Å². The molecule has 1 atom stereocenters. The van der Waals surface area contributed by atoms with Gasteiger partial charge in [-0.3, -0.25) is 0 Å². The van der Waals surface area contributed by atoms with Crippen molar-refractivity contribution in [2.45, 2.75) is 39.4 Å². The van der Waals surface area contributed by atoms with E-state index >= 15 is 0 Å². The standard InChI is InChI=1S/C30H29BrIN2OP/c1-5-34-28-9-7-6-8-26(28)27-20-25(18-19-29(27)34)36(30(2,3)4,33-23-14-12-22(32)13-15-23)35-24-16-10-21(31)11-17-24/h6-20H,5H2,1-4H3. The third-order valence-electron chi connectivity index (χ3n) is 6.47. The van der Waals surface area contributed by atoms with Crippen LogP contribution in [0.5, 0.6) is 5.75 Å². The van der Waals surface area contributed by atoms with E-state index in [-0.39, 0.29) is 5.16 Å². The zero-order valence-electron chi connectivity index (χ0n) is 20.9. The lowest BCUT2D eigenvalue weighted by atomic mass is 10.1. The van der Waals surface area contributed by atoms with Gasteiger partial charge in [0, 0.05) is 46.9 Å². The predicted octanol–water partition coefficient (Wildman–Crippen LogP) is 10.1. The van der Waals surface area contributed by atoms with Crippen molar-refractivity contribution in [1.82, 2.24) is 4.57 Å². The van der Waals surface area contributed by atoms with Gasteiger partial charge in [-0.05, 0) is 102 Å². The summed E-state index contributed by atoms with van der Waals surface area (Å²) >= 11 is 5.89. The van der Waals surface area contributed by atoms with Crippen molar-refractivity contribution in [2.24, 2.45) is 4.74 Å². The van der Waals surface area contributed by atoms with Crippen LogP contribution in [0.25, 0.3) is 21.8 Å². The van der Waals surface area contributed by atoms with Crippen LogP contribution in [0.2, 0.25) is 0 Å². The summed E-state index contributed by atoms with van der Waals surface area (Å²) in [6.45, 7) is 9.86. The summed E-state index contributed by atoms with van der Waals surface area (Å²) in [4.78, 5) is 0. The third-order valence-corrected chi connectivity index (χ3v) is 11.5. The lowest BCUT2D eigenvalue weighted by molar-refractivity contribution is 0.571. The molecule has 5 rings (SSSR count). The van der Waals surface area contributed by atoms with Gasteiger partial charge in [0.15, 0.2) is 7.28 Å². The Morgan fingerprint density at radius 3 is 2.19 bits per heavy atom. The fraction of sp³-hybridized carbons (Fsp3) is 0.200. The normalized spacial score (nSPS) is 13.6. The van der Waals surface area contributed by atoms with Crippen molar-refractivity contribution in [1.29, 1.82) is 0 Å². The van der Waals surface area contributed by atoms with Crippen LogP contribution >= 0.6 is 45.8 Å². The Balaban J connectivity index is 1.83. The number of fused-ring (bicyclic) bond motifs is 3. The Morgan fingerprint density at radius 2 is 1.53 bits per heavy atom. The summed E-state index contributed by atoms with van der Waals surface area (Å²) in [5.41, 5.74) is 3.44. The van der Waals surface area contributed by atoms with Crippen molar-refractivity contribution in [2.75, 3.05) is 0 Å². The first-order chi connectivity index (χ1) is 17.2. The summed E-state index contributed by atoms with van der Waals surface area (Å²) in [6.07, 6.45) is 0. The highest BCUT2D eigenvalue weighted by Crippen LogP contribution is 2.62. The SMILES string of the molecule is CCn1c2ccccc2c2cc(P(=Nc3ccc(I)cc3)(Oc3ccc(Br)cc3)C(C)(C)C)ccc21. The predicted molar refractivity (Wildman–Crippen MR) is 167 cm³/mol. The summed E-state index contributed by atoms with van der Waals surface area (Å²) in [5.74, 6) is 0.826. The van der Waals surface area contributed by atoms with Crippen LogP contribution in [-0.4, -0.2) is 9.72 Å². The molecule has 0 saturated heterocycles. The zero-order chi connectivity index (χ0) is 25.5.